The van der Waals surface area contributed by atoms with Crippen LogP contribution in [0.4, 0.5) is 10.2 Å². The van der Waals surface area contributed by atoms with Gasteiger partial charge in [0.2, 0.25) is 0 Å². The molecule has 0 saturated heterocycles. The zero-order valence-electron chi connectivity index (χ0n) is 24.8. The lowest BCUT2D eigenvalue weighted by molar-refractivity contribution is 0.0916. The molecule has 0 spiro atoms. The highest BCUT2D eigenvalue weighted by molar-refractivity contribution is 5.98. The SMILES string of the molecule is C=C(NC(/C=C\C)=NC(CCN(CCCCc1ccc(CC)c(N)n1)CC(F)COC)C(=C)C)c1ccccc1. The van der Waals surface area contributed by atoms with Gasteiger partial charge in [-0.05, 0) is 75.8 Å². The third-order valence-corrected chi connectivity index (χ3v) is 6.72. The number of aryl methyl sites for hydroxylation is 2. The van der Waals surface area contributed by atoms with Crippen molar-refractivity contribution in [2.24, 2.45) is 4.99 Å². The number of anilines is 1. The first-order chi connectivity index (χ1) is 19.3. The van der Waals surface area contributed by atoms with Crippen molar-refractivity contribution in [2.45, 2.75) is 65.1 Å². The molecule has 0 radical (unpaired) electrons. The lowest BCUT2D eigenvalue weighted by Gasteiger charge is -2.26. The molecule has 2 rings (SSSR count). The third kappa shape index (κ3) is 11.8. The molecule has 2 unspecified atom stereocenters. The topological polar surface area (TPSA) is 75.8 Å². The number of nitrogen functional groups attached to an aromatic ring is 1. The van der Waals surface area contributed by atoms with Crippen molar-refractivity contribution >= 4 is 17.4 Å². The van der Waals surface area contributed by atoms with Gasteiger partial charge in [0.15, 0.2) is 0 Å². The summed E-state index contributed by atoms with van der Waals surface area (Å²) in [7, 11) is 1.53. The van der Waals surface area contributed by atoms with E-state index >= 15 is 0 Å². The van der Waals surface area contributed by atoms with E-state index in [0.717, 1.165) is 72.6 Å². The second-order valence-corrected chi connectivity index (χ2v) is 10.1. The van der Waals surface area contributed by atoms with Crippen molar-refractivity contribution in [3.63, 3.8) is 0 Å². The molecule has 3 N–H and O–H groups in total. The van der Waals surface area contributed by atoms with Gasteiger partial charge in [0.25, 0.3) is 0 Å². The molecular formula is C33H48FN5O. The van der Waals surface area contributed by atoms with E-state index in [4.69, 9.17) is 15.5 Å². The van der Waals surface area contributed by atoms with E-state index in [9.17, 15) is 4.39 Å². The first-order valence-corrected chi connectivity index (χ1v) is 14.2. The van der Waals surface area contributed by atoms with Crippen molar-refractivity contribution in [3.8, 4) is 0 Å². The van der Waals surface area contributed by atoms with E-state index in [1.165, 1.54) is 7.11 Å². The predicted octanol–water partition coefficient (Wildman–Crippen LogP) is 6.41. The summed E-state index contributed by atoms with van der Waals surface area (Å²) in [5, 5.41) is 3.35. The van der Waals surface area contributed by atoms with Crippen molar-refractivity contribution < 1.29 is 9.13 Å². The number of methoxy groups -OCH3 is 1. The fourth-order valence-electron chi connectivity index (χ4n) is 4.47. The second kappa shape index (κ2) is 18.1. The van der Waals surface area contributed by atoms with E-state index in [2.05, 4.69) is 47.4 Å². The molecule has 0 aliphatic heterocycles. The van der Waals surface area contributed by atoms with Crippen molar-refractivity contribution in [3.05, 3.63) is 90.2 Å². The average Bonchev–Trinajstić information content (AvgIpc) is 2.93. The number of aliphatic imine (C=N–C) groups is 1. The molecule has 1 aromatic heterocycles. The first kappa shape index (κ1) is 32.9. The number of amidine groups is 1. The Kier molecular flexibility index (Phi) is 14.9. The fourth-order valence-corrected chi connectivity index (χ4v) is 4.47. The maximum Gasteiger partial charge on any atom is 0.136 e. The summed E-state index contributed by atoms with van der Waals surface area (Å²) < 4.78 is 19.6. The second-order valence-electron chi connectivity index (χ2n) is 10.1. The molecule has 0 amide bonds. The fraction of sp³-hybridized carbons (Fsp3) is 0.455. The largest absolute Gasteiger partial charge is 0.383 e. The Morgan fingerprint density at radius 3 is 2.55 bits per heavy atom. The number of benzene rings is 1. The molecule has 1 heterocycles. The van der Waals surface area contributed by atoms with Crippen LogP contribution in [0.1, 0.15) is 56.9 Å². The van der Waals surface area contributed by atoms with Gasteiger partial charge >= 0.3 is 0 Å². The number of nitrogens with two attached hydrogens (primary N) is 1. The lowest BCUT2D eigenvalue weighted by Crippen LogP contribution is -2.35. The maximum absolute atomic E-state index is 14.6. The van der Waals surface area contributed by atoms with Crippen LogP contribution in [0.5, 0.6) is 0 Å². The number of halogens is 1. The van der Waals surface area contributed by atoms with E-state index in [1.54, 1.807) is 0 Å². The minimum Gasteiger partial charge on any atom is -0.383 e. The van der Waals surface area contributed by atoms with Gasteiger partial charge in [-0.2, -0.15) is 0 Å². The van der Waals surface area contributed by atoms with Crippen LogP contribution < -0.4 is 11.1 Å². The molecule has 0 aliphatic rings. The summed E-state index contributed by atoms with van der Waals surface area (Å²) in [5.41, 5.74) is 10.9. The molecule has 0 aliphatic carbocycles. The Labute approximate surface area is 240 Å². The van der Waals surface area contributed by atoms with E-state index in [0.29, 0.717) is 18.9 Å². The van der Waals surface area contributed by atoms with Gasteiger partial charge in [-0.25, -0.2) is 9.37 Å². The molecule has 6 nitrogen and oxygen atoms in total. The Bertz CT molecular complexity index is 1120. The van der Waals surface area contributed by atoms with Gasteiger partial charge in [0, 0.05) is 31.6 Å². The smallest absolute Gasteiger partial charge is 0.136 e. The third-order valence-electron chi connectivity index (χ3n) is 6.72. The van der Waals surface area contributed by atoms with Crippen LogP contribution in [0.15, 0.2) is 78.3 Å². The molecule has 40 heavy (non-hydrogen) atoms. The Balaban J connectivity index is 2.03. The molecule has 7 heteroatoms. The number of aromatic nitrogens is 1. The Morgan fingerprint density at radius 2 is 1.93 bits per heavy atom. The van der Waals surface area contributed by atoms with Gasteiger partial charge < -0.3 is 20.7 Å². The number of hydrogen-bond acceptors (Lipinski definition) is 5. The number of allylic oxidation sites excluding steroid dienone is 1. The maximum atomic E-state index is 14.6. The summed E-state index contributed by atoms with van der Waals surface area (Å²) in [6, 6.07) is 14.0. The number of nitrogens with one attached hydrogen (secondary N) is 1. The molecule has 0 saturated carbocycles. The number of alkyl halides is 1. The summed E-state index contributed by atoms with van der Waals surface area (Å²) in [4.78, 5) is 11.7. The highest BCUT2D eigenvalue weighted by atomic mass is 19.1. The summed E-state index contributed by atoms with van der Waals surface area (Å²) in [5.74, 6) is 1.34. The standard InChI is InChI=1S/C33H48FN5O/c1-7-14-32(36-26(5)28-15-10-9-11-16-28)38-31(25(3)4)20-22-39(23-29(34)24-40-6)21-13-12-17-30-19-18-27(8-2)33(35)37-30/h7,9-11,14-16,18-19,29,31H,3,5,8,12-13,17,20-24H2,1-2,4,6H3,(H2,35,37)(H,36,38)/b14-7-. The van der Waals surface area contributed by atoms with Gasteiger partial charge in [-0.3, -0.25) is 4.99 Å². The van der Waals surface area contributed by atoms with Gasteiger partial charge in [-0.15, -0.1) is 0 Å². The van der Waals surface area contributed by atoms with E-state index in [-0.39, 0.29) is 12.6 Å². The average molecular weight is 550 g/mol. The molecule has 1 aromatic carbocycles. The molecule has 0 fully saturated rings. The van der Waals surface area contributed by atoms with Crippen LogP contribution in [0.3, 0.4) is 0 Å². The first-order valence-electron chi connectivity index (χ1n) is 14.2. The predicted molar refractivity (Wildman–Crippen MR) is 168 cm³/mol. The Morgan fingerprint density at radius 1 is 1.18 bits per heavy atom. The summed E-state index contributed by atoms with van der Waals surface area (Å²) in [6.07, 6.45) is 7.18. The number of nitrogens with zero attached hydrogens (tertiary/aromatic N) is 3. The molecule has 2 aromatic rings. The van der Waals surface area contributed by atoms with Crippen molar-refractivity contribution in [2.75, 3.05) is 39.1 Å². The zero-order chi connectivity index (χ0) is 29.3. The highest BCUT2D eigenvalue weighted by Gasteiger charge is 2.17. The minimum atomic E-state index is -1.05. The van der Waals surface area contributed by atoms with Crippen molar-refractivity contribution in [1.29, 1.82) is 0 Å². The van der Waals surface area contributed by atoms with Crippen molar-refractivity contribution in [1.82, 2.24) is 15.2 Å². The van der Waals surface area contributed by atoms with E-state index in [1.807, 2.05) is 56.3 Å². The molecular weight excluding hydrogens is 501 g/mol. The van der Waals surface area contributed by atoms with Gasteiger partial charge in [0.1, 0.15) is 17.8 Å². The van der Waals surface area contributed by atoms with Gasteiger partial charge in [-0.1, -0.05) is 68.1 Å². The molecule has 2 atom stereocenters. The molecule has 218 valence electrons. The molecule has 0 bridgehead atoms. The number of rotatable bonds is 18. The minimum absolute atomic E-state index is 0.0858. The van der Waals surface area contributed by atoms with Crippen LogP contribution >= 0.6 is 0 Å². The summed E-state index contributed by atoms with van der Waals surface area (Å²) in [6.45, 7) is 16.3. The lowest BCUT2D eigenvalue weighted by atomic mass is 10.1. The normalized spacial score (nSPS) is 13.5. The van der Waals surface area contributed by atoms with Crippen LogP contribution in [0, 0.1) is 0 Å². The zero-order valence-corrected chi connectivity index (χ0v) is 24.8. The number of hydrogen-bond donors (Lipinski definition) is 2. The van der Waals surface area contributed by atoms with Crippen LogP contribution in [-0.2, 0) is 17.6 Å². The van der Waals surface area contributed by atoms with Crippen LogP contribution in [0.2, 0.25) is 0 Å². The monoisotopic (exact) mass is 549 g/mol. The quantitative estimate of drug-likeness (QED) is 0.0973. The highest BCUT2D eigenvalue weighted by Crippen LogP contribution is 2.15. The van der Waals surface area contributed by atoms with Crippen LogP contribution in [-0.4, -0.2) is 61.3 Å². The number of ether oxygens (including phenoxy) is 1. The van der Waals surface area contributed by atoms with Crippen LogP contribution in [0.25, 0.3) is 5.70 Å². The Hall–Kier alpha value is -3.29. The van der Waals surface area contributed by atoms with Gasteiger partial charge in [0.05, 0.1) is 12.6 Å². The number of unbranched alkanes of at least 4 members (excludes halogenated alkanes) is 1. The number of pyridine rings is 1. The van der Waals surface area contributed by atoms with E-state index < -0.39 is 6.17 Å². The summed E-state index contributed by atoms with van der Waals surface area (Å²) >= 11 is 0.